The third-order valence-corrected chi connectivity index (χ3v) is 3.21. The molecule has 0 spiro atoms. The zero-order valence-corrected chi connectivity index (χ0v) is 11.1. The van der Waals surface area contributed by atoms with Crippen LogP contribution >= 0.6 is 15.9 Å². The monoisotopic (exact) mass is 314 g/mol. The summed E-state index contributed by atoms with van der Waals surface area (Å²) in [5, 5.41) is 6.95. The summed E-state index contributed by atoms with van der Waals surface area (Å²) < 4.78 is 5.53. The van der Waals surface area contributed by atoms with Crippen molar-refractivity contribution in [2.45, 2.75) is 18.8 Å². The minimum Gasteiger partial charge on any atom is -0.343 e. The summed E-state index contributed by atoms with van der Waals surface area (Å²) in [5.74, 6) is 0.647. The molecule has 2 rings (SSSR count). The Morgan fingerprint density at radius 2 is 2.33 bits per heavy atom. The molecule has 1 fully saturated rings. The number of carbonyl (C=O) groups excluding carboxylic acids is 1. The largest absolute Gasteiger partial charge is 0.343 e. The van der Waals surface area contributed by atoms with Gasteiger partial charge in [0.25, 0.3) is 0 Å². The SMILES string of the molecule is [N-]=[N+]=NCC(=O)N1CCC(c2nc(Br)no2)CC1. The molecule has 0 saturated carbocycles. The maximum Gasteiger partial charge on any atom is 0.238 e. The van der Waals surface area contributed by atoms with E-state index in [0.29, 0.717) is 23.7 Å². The third-order valence-electron chi connectivity index (χ3n) is 2.88. The second kappa shape index (κ2) is 5.83. The number of piperidine rings is 1. The zero-order chi connectivity index (χ0) is 13.0. The Hall–Kier alpha value is -1.60. The minimum atomic E-state index is -0.141. The fourth-order valence-electron chi connectivity index (χ4n) is 1.95. The van der Waals surface area contributed by atoms with Crippen LogP contribution in [0.2, 0.25) is 0 Å². The van der Waals surface area contributed by atoms with E-state index in [1.165, 1.54) is 0 Å². The molecule has 0 bridgehead atoms. The number of hydrogen-bond donors (Lipinski definition) is 0. The number of halogens is 1. The van der Waals surface area contributed by atoms with Gasteiger partial charge in [-0.25, -0.2) is 0 Å². The lowest BCUT2D eigenvalue weighted by molar-refractivity contribution is -0.130. The zero-order valence-electron chi connectivity index (χ0n) is 9.49. The molecule has 0 aromatic carbocycles. The number of hydrogen-bond acceptors (Lipinski definition) is 5. The van der Waals surface area contributed by atoms with Gasteiger partial charge < -0.3 is 9.42 Å². The number of amides is 1. The van der Waals surface area contributed by atoms with Crippen molar-refractivity contribution in [1.82, 2.24) is 15.0 Å². The van der Waals surface area contributed by atoms with E-state index in [1.54, 1.807) is 4.90 Å². The van der Waals surface area contributed by atoms with Gasteiger partial charge in [0.2, 0.25) is 16.5 Å². The van der Waals surface area contributed by atoms with E-state index >= 15 is 0 Å². The van der Waals surface area contributed by atoms with Crippen molar-refractivity contribution in [3.8, 4) is 0 Å². The van der Waals surface area contributed by atoms with Crippen molar-refractivity contribution in [3.05, 3.63) is 21.1 Å². The molecule has 0 N–H and O–H groups in total. The van der Waals surface area contributed by atoms with Crippen LogP contribution in [0.25, 0.3) is 10.4 Å². The molecule has 0 aliphatic carbocycles. The second-order valence-corrected chi connectivity index (χ2v) is 4.65. The van der Waals surface area contributed by atoms with Gasteiger partial charge in [0.15, 0.2) is 0 Å². The number of rotatable bonds is 3. The fraction of sp³-hybridized carbons (Fsp3) is 0.667. The molecular formula is C9H11BrN6O2. The number of nitrogens with zero attached hydrogens (tertiary/aromatic N) is 6. The van der Waals surface area contributed by atoms with Crippen molar-refractivity contribution in [2.75, 3.05) is 19.6 Å². The van der Waals surface area contributed by atoms with E-state index in [4.69, 9.17) is 10.1 Å². The van der Waals surface area contributed by atoms with Gasteiger partial charge in [-0.1, -0.05) is 5.11 Å². The summed E-state index contributed by atoms with van der Waals surface area (Å²) >= 11 is 3.14. The van der Waals surface area contributed by atoms with Crippen LogP contribution in [-0.4, -0.2) is 40.6 Å². The molecule has 96 valence electrons. The van der Waals surface area contributed by atoms with Crippen molar-refractivity contribution in [2.24, 2.45) is 5.11 Å². The molecule has 8 nitrogen and oxygen atoms in total. The van der Waals surface area contributed by atoms with Crippen molar-refractivity contribution >= 4 is 21.8 Å². The molecule has 0 unspecified atom stereocenters. The van der Waals surface area contributed by atoms with Crippen LogP contribution in [-0.2, 0) is 4.79 Å². The smallest absolute Gasteiger partial charge is 0.238 e. The Balaban J connectivity index is 1.88. The summed E-state index contributed by atoms with van der Waals surface area (Å²) in [6, 6.07) is 0. The summed E-state index contributed by atoms with van der Waals surface area (Å²) in [5.41, 5.74) is 8.16. The Morgan fingerprint density at radius 3 is 2.89 bits per heavy atom. The molecule has 0 radical (unpaired) electrons. The maximum atomic E-state index is 11.6. The Kier molecular flexibility index (Phi) is 4.16. The first-order chi connectivity index (χ1) is 8.70. The third kappa shape index (κ3) is 2.99. The van der Waals surface area contributed by atoms with Crippen LogP contribution in [0.1, 0.15) is 24.7 Å². The van der Waals surface area contributed by atoms with E-state index in [2.05, 4.69) is 36.1 Å². The van der Waals surface area contributed by atoms with Crippen LogP contribution in [0.5, 0.6) is 0 Å². The van der Waals surface area contributed by atoms with E-state index in [-0.39, 0.29) is 18.4 Å². The lowest BCUT2D eigenvalue weighted by atomic mass is 9.97. The summed E-state index contributed by atoms with van der Waals surface area (Å²) in [6.45, 7) is 1.11. The van der Waals surface area contributed by atoms with Crippen molar-refractivity contribution in [3.63, 3.8) is 0 Å². The highest BCUT2D eigenvalue weighted by molar-refractivity contribution is 9.10. The Morgan fingerprint density at radius 1 is 1.61 bits per heavy atom. The molecule has 1 aliphatic heterocycles. The second-order valence-electron chi connectivity index (χ2n) is 3.95. The molecule has 1 aliphatic rings. The van der Waals surface area contributed by atoms with Crippen molar-refractivity contribution in [1.29, 1.82) is 0 Å². The number of carbonyl (C=O) groups is 1. The molecule has 1 saturated heterocycles. The van der Waals surface area contributed by atoms with Gasteiger partial charge in [0.1, 0.15) is 6.54 Å². The number of aromatic nitrogens is 2. The average Bonchev–Trinajstić information content (AvgIpc) is 2.83. The van der Waals surface area contributed by atoms with E-state index in [1.807, 2.05) is 0 Å². The quantitative estimate of drug-likeness (QED) is 0.481. The lowest BCUT2D eigenvalue weighted by Gasteiger charge is -2.30. The lowest BCUT2D eigenvalue weighted by Crippen LogP contribution is -2.39. The van der Waals surface area contributed by atoms with Gasteiger partial charge in [0.05, 0.1) is 0 Å². The first-order valence-electron chi connectivity index (χ1n) is 5.48. The highest BCUT2D eigenvalue weighted by Gasteiger charge is 2.26. The summed E-state index contributed by atoms with van der Waals surface area (Å²) in [4.78, 5) is 20.0. The summed E-state index contributed by atoms with van der Waals surface area (Å²) in [6.07, 6.45) is 1.55. The standard InChI is InChI=1S/C9H11BrN6O2/c10-9-13-8(18-14-9)6-1-3-16(4-2-6)7(17)5-12-15-11/h6H,1-5H2. The molecule has 2 heterocycles. The van der Waals surface area contributed by atoms with Gasteiger partial charge in [-0.05, 0) is 39.5 Å². The molecule has 1 amide bonds. The van der Waals surface area contributed by atoms with E-state index in [9.17, 15) is 4.79 Å². The molecule has 9 heteroatoms. The average molecular weight is 315 g/mol. The van der Waals surface area contributed by atoms with Crippen LogP contribution in [0.15, 0.2) is 14.4 Å². The van der Waals surface area contributed by atoms with E-state index < -0.39 is 0 Å². The van der Waals surface area contributed by atoms with Crippen molar-refractivity contribution < 1.29 is 9.32 Å². The molecule has 0 atom stereocenters. The Labute approximate surface area is 111 Å². The van der Waals surface area contributed by atoms with Gasteiger partial charge in [-0.15, -0.1) is 0 Å². The predicted octanol–water partition coefficient (Wildman–Crippen LogP) is 1.85. The fourth-order valence-corrected chi connectivity index (χ4v) is 2.20. The van der Waals surface area contributed by atoms with Crippen LogP contribution in [0, 0.1) is 0 Å². The van der Waals surface area contributed by atoms with Gasteiger partial charge in [0, 0.05) is 23.9 Å². The molecule has 1 aromatic rings. The highest BCUT2D eigenvalue weighted by Crippen LogP contribution is 2.27. The van der Waals surface area contributed by atoms with Gasteiger partial charge in [-0.2, -0.15) is 4.98 Å². The van der Waals surface area contributed by atoms with Crippen LogP contribution in [0.3, 0.4) is 0 Å². The van der Waals surface area contributed by atoms with Gasteiger partial charge >= 0.3 is 0 Å². The number of azide groups is 1. The normalized spacial score (nSPS) is 16.4. The first-order valence-corrected chi connectivity index (χ1v) is 6.27. The summed E-state index contributed by atoms with van der Waals surface area (Å²) in [7, 11) is 0. The van der Waals surface area contributed by atoms with Gasteiger partial charge in [-0.3, -0.25) is 4.79 Å². The minimum absolute atomic E-state index is 0.118. The Bertz CT molecular complexity index is 475. The first kappa shape index (κ1) is 12.8. The number of likely N-dealkylation sites (tertiary alicyclic amines) is 1. The van der Waals surface area contributed by atoms with Crippen LogP contribution < -0.4 is 0 Å². The molecular weight excluding hydrogens is 304 g/mol. The molecule has 18 heavy (non-hydrogen) atoms. The van der Waals surface area contributed by atoms with E-state index in [0.717, 1.165) is 12.8 Å². The topological polar surface area (TPSA) is 108 Å². The van der Waals surface area contributed by atoms with Crippen LogP contribution in [0.4, 0.5) is 0 Å². The highest BCUT2D eigenvalue weighted by atomic mass is 79.9. The molecule has 1 aromatic heterocycles. The maximum absolute atomic E-state index is 11.6. The predicted molar refractivity (Wildman–Crippen MR) is 64.6 cm³/mol.